The summed E-state index contributed by atoms with van der Waals surface area (Å²) < 4.78 is 25.0. The average Bonchev–Trinajstić information content (AvgIpc) is 3.33. The number of hydrogen-bond acceptors (Lipinski definition) is 9. The Hall–Kier alpha value is -5.10. The number of carbonyl (C=O) groups excluding carboxylic acids is 2. The summed E-state index contributed by atoms with van der Waals surface area (Å²) in [5.74, 6) is 2.51. The highest BCUT2D eigenvalue weighted by Crippen LogP contribution is 2.47. The lowest BCUT2D eigenvalue weighted by atomic mass is 9.76. The Morgan fingerprint density at radius 3 is 1.65 bits per heavy atom. The second kappa shape index (κ2) is 25.0. The number of amides is 2. The molecule has 11 nitrogen and oxygen atoms in total. The summed E-state index contributed by atoms with van der Waals surface area (Å²) in [5.41, 5.74) is 6.73. The van der Waals surface area contributed by atoms with Crippen molar-refractivity contribution in [2.45, 2.75) is 163 Å². The first-order chi connectivity index (χ1) is 32.2. The zero-order chi connectivity index (χ0) is 48.1. The normalized spacial score (nSPS) is 20.6. The number of aliphatic hydroxyl groups is 1. The number of nitrogens with zero attached hydrogens (tertiary/aromatic N) is 4. The number of piperidine rings is 2. The molecule has 4 aliphatic heterocycles. The summed E-state index contributed by atoms with van der Waals surface area (Å²) in [6, 6.07) is 19.7. The quantitative estimate of drug-likeness (QED) is 0.155. The van der Waals surface area contributed by atoms with Gasteiger partial charge in [0.1, 0.15) is 11.5 Å². The lowest BCUT2D eigenvalue weighted by Gasteiger charge is -2.49. The minimum atomic E-state index is -0.300. The minimum absolute atomic E-state index is 0. The lowest BCUT2D eigenvalue weighted by Crippen LogP contribution is -2.51. The number of pyridine rings is 2. The van der Waals surface area contributed by atoms with Gasteiger partial charge in [-0.1, -0.05) is 51.5 Å². The van der Waals surface area contributed by atoms with Crippen LogP contribution in [0.5, 0.6) is 11.5 Å². The zero-order valence-corrected chi connectivity index (χ0v) is 41.6. The molecule has 2 spiro atoms. The van der Waals surface area contributed by atoms with Crippen molar-refractivity contribution in [2.24, 2.45) is 5.92 Å². The Morgan fingerprint density at radius 2 is 1.22 bits per heavy atom. The smallest absolute Gasteiger partial charge is 0.253 e. The number of rotatable bonds is 10. The van der Waals surface area contributed by atoms with Crippen molar-refractivity contribution >= 4 is 11.8 Å². The van der Waals surface area contributed by atoms with Gasteiger partial charge in [-0.3, -0.25) is 19.6 Å². The fourth-order valence-corrected chi connectivity index (χ4v) is 9.91. The van der Waals surface area contributed by atoms with Crippen molar-refractivity contribution in [3.05, 3.63) is 130 Å². The third kappa shape index (κ3) is 14.0. The first kappa shape index (κ1) is 53.8. The van der Waals surface area contributed by atoms with E-state index < -0.39 is 0 Å². The molecule has 4 aromatic rings. The molecule has 6 heterocycles. The van der Waals surface area contributed by atoms with E-state index in [-0.39, 0.29) is 61.5 Å². The fraction of sp³-hybridized carbons (Fsp3) is 0.544. The Labute approximate surface area is 407 Å². The topological polar surface area (TPSA) is 124 Å². The average molecular weight is 933 g/mol. The summed E-state index contributed by atoms with van der Waals surface area (Å²) in [6.45, 7) is 21.3. The Morgan fingerprint density at radius 1 is 0.735 bits per heavy atom. The van der Waals surface area contributed by atoms with Gasteiger partial charge in [-0.25, -0.2) is 0 Å². The van der Waals surface area contributed by atoms with Gasteiger partial charge in [0, 0.05) is 68.7 Å². The standard InChI is InChI=1S/C27H36N2O3.C27H34N2O3.C2H6O.CH4/c2*1-5-21-16-25(23-7-6-12-28-18-23)32-27(17-21)10-13-29(14-11-27)26(30)22-8-9-24(20(4)15-22)31-19(2)3;1-2-3;/h6-9,12,15,18-19,21,25H,5,10-11,13-14,16-17H2,1-4H3;6-9,12,15,17-19,25H,5,10-11,13-14,16H2,1-4H3;3H,2H2,1H3;1H4. The van der Waals surface area contributed by atoms with E-state index in [1.165, 1.54) is 11.1 Å². The number of aryl methyl sites for hydroxylation is 2. The van der Waals surface area contributed by atoms with Gasteiger partial charge in [0.2, 0.25) is 0 Å². The van der Waals surface area contributed by atoms with Crippen LogP contribution in [0.4, 0.5) is 0 Å². The molecule has 4 aliphatic rings. The van der Waals surface area contributed by atoms with Gasteiger partial charge < -0.3 is 33.9 Å². The van der Waals surface area contributed by atoms with Gasteiger partial charge in [0.15, 0.2) is 0 Å². The van der Waals surface area contributed by atoms with Crippen LogP contribution in [-0.4, -0.2) is 92.9 Å². The van der Waals surface area contributed by atoms with Gasteiger partial charge in [0.25, 0.3) is 11.8 Å². The van der Waals surface area contributed by atoms with Crippen molar-refractivity contribution in [1.29, 1.82) is 0 Å². The van der Waals surface area contributed by atoms with Gasteiger partial charge in [-0.2, -0.15) is 0 Å². The first-order valence-electron chi connectivity index (χ1n) is 24.8. The summed E-state index contributed by atoms with van der Waals surface area (Å²) >= 11 is 0. The third-order valence-corrected chi connectivity index (χ3v) is 13.5. The van der Waals surface area contributed by atoms with Crippen LogP contribution in [0.25, 0.3) is 0 Å². The molecule has 370 valence electrons. The highest BCUT2D eigenvalue weighted by atomic mass is 16.5. The molecular formula is C57H80N4O7. The number of benzene rings is 2. The molecule has 0 saturated carbocycles. The van der Waals surface area contributed by atoms with Crippen LogP contribution in [0, 0.1) is 19.8 Å². The summed E-state index contributed by atoms with van der Waals surface area (Å²) in [5, 5.41) is 7.57. The summed E-state index contributed by atoms with van der Waals surface area (Å²) in [7, 11) is 0. The predicted molar refractivity (Wildman–Crippen MR) is 271 cm³/mol. The largest absolute Gasteiger partial charge is 0.491 e. The van der Waals surface area contributed by atoms with E-state index in [0.717, 1.165) is 110 Å². The SMILES string of the molecule is C.CCC1=CC2(CCN(C(=O)c3ccc(OC(C)C)c(C)c3)CC2)OC(c2cccnc2)C1.CCC1CC(c2cccnc2)OC2(CCN(C(=O)c3ccc(OC(C)C)c(C)c3)CC2)C1.CCO. The van der Waals surface area contributed by atoms with E-state index in [1.54, 1.807) is 13.1 Å². The number of likely N-dealkylation sites (tertiary alicyclic amines) is 2. The van der Waals surface area contributed by atoms with E-state index in [0.29, 0.717) is 19.0 Å². The van der Waals surface area contributed by atoms with Gasteiger partial charge in [-0.05, 0) is 177 Å². The summed E-state index contributed by atoms with van der Waals surface area (Å²) in [6.07, 6.45) is 18.8. The van der Waals surface area contributed by atoms with Crippen LogP contribution < -0.4 is 9.47 Å². The number of ether oxygens (including phenoxy) is 4. The molecule has 2 amide bonds. The Bertz CT molecular complexity index is 2230. The maximum atomic E-state index is 13.2. The first-order valence-corrected chi connectivity index (χ1v) is 24.8. The van der Waals surface area contributed by atoms with Gasteiger partial charge in [0.05, 0.1) is 35.6 Å². The van der Waals surface area contributed by atoms with Crippen molar-refractivity contribution in [3.63, 3.8) is 0 Å². The molecule has 3 unspecified atom stereocenters. The highest BCUT2D eigenvalue weighted by molar-refractivity contribution is 5.95. The molecule has 1 N–H and O–H groups in total. The highest BCUT2D eigenvalue weighted by Gasteiger charge is 2.45. The van der Waals surface area contributed by atoms with Crippen LogP contribution in [0.2, 0.25) is 0 Å². The molecule has 0 aliphatic carbocycles. The minimum Gasteiger partial charge on any atom is -0.491 e. The molecule has 0 bridgehead atoms. The molecule has 2 aromatic heterocycles. The Kier molecular flexibility index (Phi) is 19.8. The van der Waals surface area contributed by atoms with Crippen LogP contribution in [-0.2, 0) is 9.47 Å². The molecule has 11 heteroatoms. The second-order valence-corrected chi connectivity index (χ2v) is 19.3. The van der Waals surface area contributed by atoms with Crippen LogP contribution >= 0.6 is 0 Å². The van der Waals surface area contributed by atoms with Crippen LogP contribution in [0.1, 0.15) is 169 Å². The van der Waals surface area contributed by atoms with Crippen molar-refractivity contribution in [3.8, 4) is 11.5 Å². The maximum Gasteiger partial charge on any atom is 0.253 e. The molecule has 8 rings (SSSR count). The molecular weight excluding hydrogens is 853 g/mol. The zero-order valence-electron chi connectivity index (χ0n) is 41.6. The van der Waals surface area contributed by atoms with Crippen molar-refractivity contribution < 1.29 is 33.6 Å². The number of hydrogen-bond donors (Lipinski definition) is 1. The van der Waals surface area contributed by atoms with E-state index in [1.807, 2.05) is 118 Å². The summed E-state index contributed by atoms with van der Waals surface area (Å²) in [4.78, 5) is 38.9. The number of carbonyl (C=O) groups is 2. The van der Waals surface area contributed by atoms with Crippen molar-refractivity contribution in [1.82, 2.24) is 19.8 Å². The van der Waals surface area contributed by atoms with Crippen LogP contribution in [0.3, 0.4) is 0 Å². The van der Waals surface area contributed by atoms with Crippen molar-refractivity contribution in [2.75, 3.05) is 32.8 Å². The van der Waals surface area contributed by atoms with E-state index in [2.05, 4.69) is 42.0 Å². The van der Waals surface area contributed by atoms with E-state index in [9.17, 15) is 9.59 Å². The molecule has 3 atom stereocenters. The Balaban J connectivity index is 0.000000237. The molecule has 0 radical (unpaired) electrons. The molecule has 2 aromatic carbocycles. The molecule has 3 saturated heterocycles. The van der Waals surface area contributed by atoms with Crippen LogP contribution in [0.15, 0.2) is 97.1 Å². The van der Waals surface area contributed by atoms with E-state index in [4.69, 9.17) is 24.1 Å². The second-order valence-electron chi connectivity index (χ2n) is 19.3. The van der Waals surface area contributed by atoms with Gasteiger partial charge in [-0.15, -0.1) is 0 Å². The third-order valence-electron chi connectivity index (χ3n) is 13.5. The van der Waals surface area contributed by atoms with Gasteiger partial charge >= 0.3 is 0 Å². The fourth-order valence-electron chi connectivity index (χ4n) is 9.91. The molecule has 3 fully saturated rings. The predicted octanol–water partition coefficient (Wildman–Crippen LogP) is 12.0. The number of aliphatic hydroxyl groups excluding tert-OH is 1. The lowest BCUT2D eigenvalue weighted by molar-refractivity contribution is -0.168. The maximum absolute atomic E-state index is 13.2. The monoisotopic (exact) mass is 933 g/mol. The van der Waals surface area contributed by atoms with E-state index >= 15 is 0 Å². The number of aromatic nitrogens is 2. The molecule has 68 heavy (non-hydrogen) atoms.